The largest absolute Gasteiger partial charge is 0.383 e. The molecular weight excluding hydrogens is 270 g/mol. The maximum Gasteiger partial charge on any atom is 0.273 e. The number of nitrogens with zero attached hydrogens (tertiary/aromatic N) is 4. The number of rotatable bonds is 5. The van der Waals surface area contributed by atoms with E-state index in [1.165, 1.54) is 11.7 Å². The van der Waals surface area contributed by atoms with E-state index in [9.17, 15) is 8.42 Å². The van der Waals surface area contributed by atoms with Crippen molar-refractivity contribution in [1.82, 2.24) is 19.7 Å². The van der Waals surface area contributed by atoms with Crippen LogP contribution in [0.4, 0.5) is 0 Å². The monoisotopic (exact) mass is 283 g/mol. The van der Waals surface area contributed by atoms with Crippen LogP contribution in [-0.4, -0.2) is 41.9 Å². The van der Waals surface area contributed by atoms with Crippen LogP contribution in [0.1, 0.15) is 0 Å². The third-order valence-corrected chi connectivity index (χ3v) is 3.22. The van der Waals surface area contributed by atoms with E-state index < -0.39 is 10.0 Å². The van der Waals surface area contributed by atoms with E-state index in [0.29, 0.717) is 18.0 Å². The summed E-state index contributed by atoms with van der Waals surface area (Å²) < 4.78 is 29.3. The summed E-state index contributed by atoms with van der Waals surface area (Å²) in [4.78, 5) is 3.96. The average molecular weight is 283 g/mol. The number of sulfonamides is 1. The van der Waals surface area contributed by atoms with Crippen LogP contribution in [0.25, 0.3) is 11.4 Å². The topological polar surface area (TPSA) is 113 Å². The first-order chi connectivity index (χ1) is 9.04. The molecule has 2 N–H and O–H groups in total. The average Bonchev–Trinajstić information content (AvgIpc) is 2.81. The maximum atomic E-state index is 11.5. The van der Waals surface area contributed by atoms with Crippen LogP contribution in [0.2, 0.25) is 0 Å². The normalized spacial score (nSPS) is 11.7. The standard InChI is InChI=1S/C10H13N5O3S/c1-18-6-5-15-9(8-3-2-4-12-7-8)13-14-10(15)19(11,16)17/h2-4,7H,5-6H2,1H3,(H2,11,16,17). The van der Waals surface area contributed by atoms with Crippen molar-refractivity contribution in [3.63, 3.8) is 0 Å². The van der Waals surface area contributed by atoms with Crippen LogP contribution in [0, 0.1) is 0 Å². The third-order valence-electron chi connectivity index (χ3n) is 2.41. The lowest BCUT2D eigenvalue weighted by Gasteiger charge is -2.08. The molecule has 0 saturated heterocycles. The van der Waals surface area contributed by atoms with Gasteiger partial charge in [-0.25, -0.2) is 13.6 Å². The van der Waals surface area contributed by atoms with Gasteiger partial charge < -0.3 is 4.74 Å². The summed E-state index contributed by atoms with van der Waals surface area (Å²) in [5.74, 6) is 0.383. The zero-order valence-electron chi connectivity index (χ0n) is 10.2. The molecule has 0 spiro atoms. The Morgan fingerprint density at radius 2 is 2.21 bits per heavy atom. The fourth-order valence-corrected chi connectivity index (χ4v) is 2.23. The molecular formula is C10H13N5O3S. The fourth-order valence-electron chi connectivity index (χ4n) is 1.59. The molecule has 0 amide bonds. The molecule has 0 saturated carbocycles. The van der Waals surface area contributed by atoms with E-state index in [1.807, 2.05) is 0 Å². The molecule has 2 heterocycles. The molecule has 0 unspecified atom stereocenters. The van der Waals surface area contributed by atoms with Gasteiger partial charge in [0.1, 0.15) is 0 Å². The van der Waals surface area contributed by atoms with Crippen LogP contribution in [0.3, 0.4) is 0 Å². The highest BCUT2D eigenvalue weighted by Gasteiger charge is 2.21. The number of hydrogen-bond acceptors (Lipinski definition) is 6. The molecule has 0 bridgehead atoms. The molecule has 0 aliphatic heterocycles. The van der Waals surface area contributed by atoms with Gasteiger partial charge in [0.25, 0.3) is 15.2 Å². The SMILES string of the molecule is COCCn1c(-c2cccnc2)nnc1S(N)(=O)=O. The van der Waals surface area contributed by atoms with Gasteiger partial charge in [-0.05, 0) is 12.1 Å². The maximum absolute atomic E-state index is 11.5. The molecule has 0 radical (unpaired) electrons. The smallest absolute Gasteiger partial charge is 0.273 e. The lowest BCUT2D eigenvalue weighted by Crippen LogP contribution is -2.20. The quantitative estimate of drug-likeness (QED) is 0.801. The van der Waals surface area contributed by atoms with Crippen LogP contribution in [-0.2, 0) is 21.3 Å². The van der Waals surface area contributed by atoms with E-state index >= 15 is 0 Å². The molecule has 2 aromatic rings. The Kier molecular flexibility index (Phi) is 3.88. The molecule has 8 nitrogen and oxygen atoms in total. The Labute approximate surface area is 110 Å². The number of ether oxygens (including phenoxy) is 1. The summed E-state index contributed by atoms with van der Waals surface area (Å²) in [7, 11) is -2.42. The van der Waals surface area contributed by atoms with Crippen molar-refractivity contribution < 1.29 is 13.2 Å². The third kappa shape index (κ3) is 2.95. The number of pyridine rings is 1. The number of methoxy groups -OCH3 is 1. The van der Waals surface area contributed by atoms with Crippen LogP contribution >= 0.6 is 0 Å². The Morgan fingerprint density at radius 3 is 2.79 bits per heavy atom. The zero-order valence-corrected chi connectivity index (χ0v) is 11.0. The lowest BCUT2D eigenvalue weighted by atomic mass is 10.3. The van der Waals surface area contributed by atoms with Crippen molar-refractivity contribution in [1.29, 1.82) is 0 Å². The van der Waals surface area contributed by atoms with Gasteiger partial charge in [0.15, 0.2) is 5.82 Å². The molecule has 0 aliphatic rings. The van der Waals surface area contributed by atoms with Gasteiger partial charge in [-0.1, -0.05) is 0 Å². The van der Waals surface area contributed by atoms with E-state index in [1.54, 1.807) is 24.5 Å². The molecule has 0 atom stereocenters. The molecule has 0 aliphatic carbocycles. The Hall–Kier alpha value is -1.84. The molecule has 9 heteroatoms. The summed E-state index contributed by atoms with van der Waals surface area (Å²) in [5.41, 5.74) is 0.654. The van der Waals surface area contributed by atoms with Crippen molar-refractivity contribution in [2.75, 3.05) is 13.7 Å². The number of nitrogens with two attached hydrogens (primary N) is 1. The van der Waals surface area contributed by atoms with Crippen LogP contribution in [0.15, 0.2) is 29.7 Å². The summed E-state index contributed by atoms with van der Waals surface area (Å²) in [6.07, 6.45) is 3.18. The van der Waals surface area contributed by atoms with Crippen LogP contribution in [0.5, 0.6) is 0 Å². The Morgan fingerprint density at radius 1 is 1.42 bits per heavy atom. The Balaban J connectivity index is 2.53. The predicted molar refractivity (Wildman–Crippen MR) is 66.5 cm³/mol. The first-order valence-corrected chi connectivity index (χ1v) is 6.94. The van der Waals surface area contributed by atoms with Crippen molar-refractivity contribution in [2.24, 2.45) is 5.14 Å². The predicted octanol–water partition coefficient (Wildman–Crippen LogP) is -0.366. The number of aromatic nitrogens is 4. The highest BCUT2D eigenvalue weighted by molar-refractivity contribution is 7.89. The van der Waals surface area contributed by atoms with Crippen LogP contribution < -0.4 is 5.14 Å². The first-order valence-electron chi connectivity index (χ1n) is 5.39. The van der Waals surface area contributed by atoms with Crippen molar-refractivity contribution >= 4 is 10.0 Å². The lowest BCUT2D eigenvalue weighted by molar-refractivity contribution is 0.185. The molecule has 2 aromatic heterocycles. The molecule has 2 rings (SSSR count). The van der Waals surface area contributed by atoms with Gasteiger partial charge in [-0.15, -0.1) is 10.2 Å². The van der Waals surface area contributed by atoms with E-state index in [2.05, 4.69) is 15.2 Å². The highest BCUT2D eigenvalue weighted by atomic mass is 32.2. The molecule has 19 heavy (non-hydrogen) atoms. The second-order valence-electron chi connectivity index (χ2n) is 3.74. The molecule has 0 aromatic carbocycles. The number of primary sulfonamides is 1. The van der Waals surface area contributed by atoms with Crippen molar-refractivity contribution in [2.45, 2.75) is 11.7 Å². The number of hydrogen-bond donors (Lipinski definition) is 1. The van der Waals surface area contributed by atoms with E-state index in [4.69, 9.17) is 9.88 Å². The van der Waals surface area contributed by atoms with Crippen molar-refractivity contribution in [3.05, 3.63) is 24.5 Å². The fraction of sp³-hybridized carbons (Fsp3) is 0.300. The van der Waals surface area contributed by atoms with E-state index in [-0.39, 0.29) is 11.7 Å². The van der Waals surface area contributed by atoms with E-state index in [0.717, 1.165) is 0 Å². The van der Waals surface area contributed by atoms with Gasteiger partial charge in [-0.3, -0.25) is 9.55 Å². The Bertz CT molecular complexity index is 653. The van der Waals surface area contributed by atoms with Gasteiger partial charge in [0, 0.05) is 25.1 Å². The highest BCUT2D eigenvalue weighted by Crippen LogP contribution is 2.18. The summed E-state index contributed by atoms with van der Waals surface area (Å²) >= 11 is 0. The van der Waals surface area contributed by atoms with Gasteiger partial charge >= 0.3 is 0 Å². The minimum Gasteiger partial charge on any atom is -0.383 e. The summed E-state index contributed by atoms with van der Waals surface area (Å²) in [6.45, 7) is 0.591. The van der Waals surface area contributed by atoms with Gasteiger partial charge in [0.2, 0.25) is 0 Å². The second-order valence-corrected chi connectivity index (χ2v) is 5.19. The zero-order chi connectivity index (χ0) is 13.9. The van der Waals surface area contributed by atoms with Gasteiger partial charge in [0.05, 0.1) is 13.2 Å². The summed E-state index contributed by atoms with van der Waals surface area (Å²) in [6, 6.07) is 3.48. The minimum absolute atomic E-state index is 0.277. The van der Waals surface area contributed by atoms with Gasteiger partial charge in [-0.2, -0.15) is 0 Å². The molecule has 102 valence electrons. The summed E-state index contributed by atoms with van der Waals surface area (Å²) in [5, 5.41) is 12.3. The second kappa shape index (κ2) is 5.43. The first kappa shape index (κ1) is 13.6. The minimum atomic E-state index is -3.94. The van der Waals surface area contributed by atoms with Crippen molar-refractivity contribution in [3.8, 4) is 11.4 Å². The molecule has 0 fully saturated rings.